The van der Waals surface area contributed by atoms with Crippen LogP contribution < -0.4 is 10.1 Å². The van der Waals surface area contributed by atoms with Gasteiger partial charge in [-0.2, -0.15) is 0 Å². The lowest BCUT2D eigenvalue weighted by atomic mass is 10.1. The minimum atomic E-state index is -2.81. The van der Waals surface area contributed by atoms with Gasteiger partial charge < -0.3 is 10.1 Å². The Bertz CT molecular complexity index is 512. The summed E-state index contributed by atoms with van der Waals surface area (Å²) in [6.07, 6.45) is -0.155. The average Bonchev–Trinajstić information content (AvgIpc) is 2.63. The van der Waals surface area contributed by atoms with Crippen molar-refractivity contribution in [1.82, 2.24) is 5.32 Å². The van der Waals surface area contributed by atoms with Crippen LogP contribution in [-0.2, 0) is 22.9 Å². The molecular weight excluding hydrogens is 226 g/mol. The van der Waals surface area contributed by atoms with Crippen LogP contribution >= 0.6 is 0 Å². The summed E-state index contributed by atoms with van der Waals surface area (Å²) < 4.78 is 27.8. The quantitative estimate of drug-likeness (QED) is 0.815. The smallest absolute Gasteiger partial charge is 0.157 e. The second-order valence-electron chi connectivity index (χ2n) is 4.31. The molecule has 16 heavy (non-hydrogen) atoms. The first kappa shape index (κ1) is 10.1. The Morgan fingerprint density at radius 1 is 1.25 bits per heavy atom. The van der Waals surface area contributed by atoms with Crippen LogP contribution in [0.1, 0.15) is 11.1 Å². The van der Waals surface area contributed by atoms with Crippen LogP contribution in [0.15, 0.2) is 18.2 Å². The lowest BCUT2D eigenvalue weighted by Gasteiger charge is -2.27. The van der Waals surface area contributed by atoms with E-state index in [2.05, 4.69) is 11.4 Å². The molecule has 0 spiro atoms. The first-order valence-electron chi connectivity index (χ1n) is 5.33. The van der Waals surface area contributed by atoms with Crippen molar-refractivity contribution in [2.24, 2.45) is 0 Å². The summed E-state index contributed by atoms with van der Waals surface area (Å²) in [5.41, 5.74) is 2.42. The molecule has 1 saturated heterocycles. The van der Waals surface area contributed by atoms with Gasteiger partial charge in [0.15, 0.2) is 9.84 Å². The van der Waals surface area contributed by atoms with E-state index < -0.39 is 9.84 Å². The molecule has 2 heterocycles. The van der Waals surface area contributed by atoms with Crippen LogP contribution in [0, 0.1) is 0 Å². The molecule has 0 aliphatic carbocycles. The molecule has 0 amide bonds. The van der Waals surface area contributed by atoms with Crippen molar-refractivity contribution in [3.63, 3.8) is 0 Å². The molecule has 0 unspecified atom stereocenters. The molecule has 1 aromatic rings. The third kappa shape index (κ3) is 1.70. The van der Waals surface area contributed by atoms with Gasteiger partial charge in [0.1, 0.15) is 11.9 Å². The molecule has 1 N–H and O–H groups in total. The fourth-order valence-corrected chi connectivity index (χ4v) is 3.35. The molecule has 0 bridgehead atoms. The topological polar surface area (TPSA) is 55.4 Å². The van der Waals surface area contributed by atoms with Crippen molar-refractivity contribution in [3.05, 3.63) is 29.3 Å². The molecule has 0 atom stereocenters. The summed E-state index contributed by atoms with van der Waals surface area (Å²) >= 11 is 0. The van der Waals surface area contributed by atoms with E-state index in [4.69, 9.17) is 4.74 Å². The van der Waals surface area contributed by atoms with E-state index in [1.54, 1.807) is 0 Å². The second kappa shape index (κ2) is 3.46. The van der Waals surface area contributed by atoms with Crippen LogP contribution in [0.5, 0.6) is 5.75 Å². The standard InChI is InChI=1S/C11H13NO3S/c13-16(14)6-9(7-16)15-11-3-1-2-8-4-12-5-10(8)11/h1-3,9,12H,4-7H2. The highest BCUT2D eigenvalue weighted by molar-refractivity contribution is 7.92. The van der Waals surface area contributed by atoms with Crippen LogP contribution in [0.25, 0.3) is 0 Å². The van der Waals surface area contributed by atoms with E-state index in [0.717, 1.165) is 18.8 Å². The highest BCUT2D eigenvalue weighted by Gasteiger charge is 2.35. The van der Waals surface area contributed by atoms with E-state index in [-0.39, 0.29) is 17.6 Å². The van der Waals surface area contributed by atoms with E-state index in [1.165, 1.54) is 11.1 Å². The fourth-order valence-electron chi connectivity index (χ4n) is 2.18. The van der Waals surface area contributed by atoms with Gasteiger partial charge in [-0.3, -0.25) is 0 Å². The number of ether oxygens (including phenoxy) is 1. The molecule has 2 aliphatic heterocycles. The van der Waals surface area contributed by atoms with E-state index in [1.807, 2.05) is 12.1 Å². The third-order valence-corrected chi connectivity index (χ3v) is 4.78. The maximum atomic E-state index is 11.0. The van der Waals surface area contributed by atoms with Crippen molar-refractivity contribution >= 4 is 9.84 Å². The normalized spacial score (nSPS) is 22.5. The zero-order chi connectivity index (χ0) is 11.2. The van der Waals surface area contributed by atoms with Crippen molar-refractivity contribution in [2.45, 2.75) is 19.2 Å². The maximum Gasteiger partial charge on any atom is 0.157 e. The van der Waals surface area contributed by atoms with Crippen LogP contribution in [-0.4, -0.2) is 26.0 Å². The summed E-state index contributed by atoms with van der Waals surface area (Å²) in [6, 6.07) is 5.94. The molecule has 5 heteroatoms. The average molecular weight is 239 g/mol. The van der Waals surface area contributed by atoms with Gasteiger partial charge in [-0.05, 0) is 11.6 Å². The van der Waals surface area contributed by atoms with Crippen molar-refractivity contribution in [1.29, 1.82) is 0 Å². The number of sulfone groups is 1. The predicted molar refractivity (Wildman–Crippen MR) is 60.1 cm³/mol. The minimum absolute atomic E-state index is 0.155. The largest absolute Gasteiger partial charge is 0.488 e. The molecule has 1 aromatic carbocycles. The van der Waals surface area contributed by atoms with Gasteiger partial charge >= 0.3 is 0 Å². The SMILES string of the molecule is O=S1(=O)CC(Oc2cccc3c2CNC3)C1. The molecule has 86 valence electrons. The Balaban J connectivity index is 1.79. The van der Waals surface area contributed by atoms with Crippen LogP contribution in [0.2, 0.25) is 0 Å². The van der Waals surface area contributed by atoms with Gasteiger partial charge in [0.25, 0.3) is 0 Å². The fraction of sp³-hybridized carbons (Fsp3) is 0.455. The van der Waals surface area contributed by atoms with Gasteiger partial charge in [0, 0.05) is 18.7 Å². The van der Waals surface area contributed by atoms with Gasteiger partial charge in [-0.15, -0.1) is 0 Å². The Labute approximate surface area is 94.5 Å². The number of hydrogen-bond donors (Lipinski definition) is 1. The van der Waals surface area contributed by atoms with E-state index in [9.17, 15) is 8.42 Å². The van der Waals surface area contributed by atoms with E-state index in [0.29, 0.717) is 0 Å². The molecule has 1 fully saturated rings. The lowest BCUT2D eigenvalue weighted by molar-refractivity contribution is 0.228. The Morgan fingerprint density at radius 3 is 2.81 bits per heavy atom. The molecule has 4 nitrogen and oxygen atoms in total. The highest BCUT2D eigenvalue weighted by atomic mass is 32.2. The van der Waals surface area contributed by atoms with Gasteiger partial charge in [-0.1, -0.05) is 12.1 Å². The summed E-state index contributed by atoms with van der Waals surface area (Å²) in [5.74, 6) is 1.15. The number of rotatable bonds is 2. The van der Waals surface area contributed by atoms with E-state index >= 15 is 0 Å². The van der Waals surface area contributed by atoms with Gasteiger partial charge in [0.2, 0.25) is 0 Å². The third-order valence-electron chi connectivity index (χ3n) is 3.02. The molecule has 3 rings (SSSR count). The monoisotopic (exact) mass is 239 g/mol. The van der Waals surface area contributed by atoms with Gasteiger partial charge in [-0.25, -0.2) is 8.42 Å². The molecular formula is C11H13NO3S. The minimum Gasteiger partial charge on any atom is -0.488 e. The first-order valence-corrected chi connectivity index (χ1v) is 7.15. The number of fused-ring (bicyclic) bond motifs is 1. The number of benzene rings is 1. The van der Waals surface area contributed by atoms with Crippen LogP contribution in [0.3, 0.4) is 0 Å². The lowest BCUT2D eigenvalue weighted by Crippen LogP contribution is -2.45. The summed E-state index contributed by atoms with van der Waals surface area (Å²) in [5, 5.41) is 3.26. The van der Waals surface area contributed by atoms with Crippen molar-refractivity contribution in [3.8, 4) is 5.75 Å². The molecule has 0 radical (unpaired) electrons. The Morgan fingerprint density at radius 2 is 2.06 bits per heavy atom. The summed E-state index contributed by atoms with van der Waals surface area (Å²) in [7, 11) is -2.81. The Kier molecular flexibility index (Phi) is 2.19. The van der Waals surface area contributed by atoms with Gasteiger partial charge in [0.05, 0.1) is 11.5 Å². The zero-order valence-electron chi connectivity index (χ0n) is 8.77. The first-order chi connectivity index (χ1) is 7.64. The number of nitrogens with one attached hydrogen (secondary N) is 1. The zero-order valence-corrected chi connectivity index (χ0v) is 9.59. The van der Waals surface area contributed by atoms with Crippen LogP contribution in [0.4, 0.5) is 0 Å². The Hall–Kier alpha value is -1.07. The summed E-state index contributed by atoms with van der Waals surface area (Å²) in [6.45, 7) is 1.68. The predicted octanol–water partition coefficient (Wildman–Crippen LogP) is 0.466. The van der Waals surface area contributed by atoms with Crippen molar-refractivity contribution < 1.29 is 13.2 Å². The molecule has 0 saturated carbocycles. The number of hydrogen-bond acceptors (Lipinski definition) is 4. The summed E-state index contributed by atoms with van der Waals surface area (Å²) in [4.78, 5) is 0. The maximum absolute atomic E-state index is 11.0. The molecule has 0 aromatic heterocycles. The van der Waals surface area contributed by atoms with Crippen molar-refractivity contribution in [2.75, 3.05) is 11.5 Å². The highest BCUT2D eigenvalue weighted by Crippen LogP contribution is 2.28. The second-order valence-corrected chi connectivity index (χ2v) is 6.47. The molecule has 2 aliphatic rings.